The zero-order valence-corrected chi connectivity index (χ0v) is 18.4. The van der Waals surface area contributed by atoms with E-state index in [1.807, 2.05) is 19.9 Å². The van der Waals surface area contributed by atoms with Crippen molar-refractivity contribution >= 4 is 23.2 Å². The Morgan fingerprint density at radius 3 is 2.33 bits per heavy atom. The number of ether oxygens (including phenoxy) is 2. The molecule has 0 aromatic carbocycles. The lowest BCUT2D eigenvalue weighted by atomic mass is 10.1. The maximum atomic E-state index is 9.68. The average Bonchev–Trinajstić information content (AvgIpc) is 2.74. The lowest BCUT2D eigenvalue weighted by Crippen LogP contribution is -2.12. The molecule has 0 atom stereocenters. The van der Waals surface area contributed by atoms with Crippen LogP contribution in [0.5, 0.6) is 0 Å². The number of rotatable bonds is 13. The highest BCUT2D eigenvalue weighted by atomic mass is 16.5. The minimum Gasteiger partial charge on any atom is -0.385 e. The van der Waals surface area contributed by atoms with Gasteiger partial charge in [-0.15, -0.1) is 10.2 Å². The van der Waals surface area contributed by atoms with Crippen LogP contribution in [0.3, 0.4) is 0 Å². The second-order valence-electron chi connectivity index (χ2n) is 6.30. The van der Waals surface area contributed by atoms with Crippen LogP contribution in [0.15, 0.2) is 27.6 Å². The molecule has 0 unspecified atom stereocenters. The van der Waals surface area contributed by atoms with Gasteiger partial charge in [-0.05, 0) is 33.6 Å². The summed E-state index contributed by atoms with van der Waals surface area (Å²) in [7, 11) is 3.32. The molecule has 10 heteroatoms. The van der Waals surface area contributed by atoms with E-state index in [0.29, 0.717) is 60.6 Å². The third kappa shape index (κ3) is 8.55. The number of hydrogen-bond acceptors (Lipinski definition) is 9. The predicted octanol–water partition coefficient (Wildman–Crippen LogP) is 3.70. The van der Waals surface area contributed by atoms with E-state index in [2.05, 4.69) is 42.4 Å². The van der Waals surface area contributed by atoms with Crippen molar-refractivity contribution < 1.29 is 9.47 Å². The molecule has 0 saturated heterocycles. The summed E-state index contributed by atoms with van der Waals surface area (Å²) in [5.41, 5.74) is 4.38. The Kier molecular flexibility index (Phi) is 12.4. The summed E-state index contributed by atoms with van der Waals surface area (Å²) in [5, 5.41) is 28.7. The van der Waals surface area contributed by atoms with Crippen LogP contribution in [0, 0.1) is 18.3 Å². The van der Waals surface area contributed by atoms with Gasteiger partial charge in [0.25, 0.3) is 0 Å². The number of hydrazone groups is 1. The van der Waals surface area contributed by atoms with Gasteiger partial charge in [0, 0.05) is 52.3 Å². The number of amidine groups is 1. The normalized spacial score (nSPS) is 11.8. The summed E-state index contributed by atoms with van der Waals surface area (Å²) in [5.74, 6) is 1.51. The SMILES string of the molecule is CC=CN/N=C(C)/N=N/c1c(NCCCOC)nc(NCCCOC)c(C#N)c1C. The van der Waals surface area contributed by atoms with Gasteiger partial charge in [-0.25, -0.2) is 4.98 Å². The molecular weight excluding hydrogens is 384 g/mol. The van der Waals surface area contributed by atoms with Crippen LogP contribution in [0.1, 0.15) is 37.8 Å². The van der Waals surface area contributed by atoms with Crippen molar-refractivity contribution in [2.45, 2.75) is 33.6 Å². The van der Waals surface area contributed by atoms with Crippen LogP contribution in [-0.4, -0.2) is 51.3 Å². The molecule has 0 aliphatic carbocycles. The molecular formula is C20H32N8O2. The van der Waals surface area contributed by atoms with E-state index in [0.717, 1.165) is 12.8 Å². The number of nitrogens with zero attached hydrogens (tertiary/aromatic N) is 5. The van der Waals surface area contributed by atoms with Crippen molar-refractivity contribution in [3.8, 4) is 6.07 Å². The summed E-state index contributed by atoms with van der Waals surface area (Å²) in [6.07, 6.45) is 5.11. The third-order valence-electron chi connectivity index (χ3n) is 3.92. The minimum atomic E-state index is 0.436. The lowest BCUT2D eigenvalue weighted by Gasteiger charge is -2.15. The maximum absolute atomic E-state index is 9.68. The number of allylic oxidation sites excluding steroid dienone is 1. The largest absolute Gasteiger partial charge is 0.385 e. The highest BCUT2D eigenvalue weighted by Crippen LogP contribution is 2.33. The fraction of sp³-hybridized carbons (Fsp3) is 0.550. The Bertz CT molecular complexity index is 784. The summed E-state index contributed by atoms with van der Waals surface area (Å²) >= 11 is 0. The quantitative estimate of drug-likeness (QED) is 0.147. The lowest BCUT2D eigenvalue weighted by molar-refractivity contribution is 0.197. The van der Waals surface area contributed by atoms with Crippen LogP contribution in [0.2, 0.25) is 0 Å². The second-order valence-corrected chi connectivity index (χ2v) is 6.30. The molecule has 1 aromatic heterocycles. The van der Waals surface area contributed by atoms with E-state index in [4.69, 9.17) is 9.47 Å². The Hall–Kier alpha value is -3.03. The van der Waals surface area contributed by atoms with E-state index >= 15 is 0 Å². The number of anilines is 2. The maximum Gasteiger partial charge on any atom is 0.167 e. The monoisotopic (exact) mass is 416 g/mol. The number of nitriles is 1. The second kappa shape index (κ2) is 14.9. The summed E-state index contributed by atoms with van der Waals surface area (Å²) in [6, 6.07) is 2.22. The van der Waals surface area contributed by atoms with Gasteiger partial charge in [0.15, 0.2) is 11.7 Å². The number of azo groups is 1. The van der Waals surface area contributed by atoms with Crippen molar-refractivity contribution in [3.05, 3.63) is 23.4 Å². The van der Waals surface area contributed by atoms with Crippen molar-refractivity contribution in [3.63, 3.8) is 0 Å². The Balaban J connectivity index is 3.20. The Morgan fingerprint density at radius 1 is 1.13 bits per heavy atom. The van der Waals surface area contributed by atoms with Gasteiger partial charge >= 0.3 is 0 Å². The first-order valence-corrected chi connectivity index (χ1v) is 9.82. The third-order valence-corrected chi connectivity index (χ3v) is 3.92. The molecule has 0 amide bonds. The van der Waals surface area contributed by atoms with Crippen molar-refractivity contribution in [2.24, 2.45) is 15.3 Å². The topological polar surface area (TPSA) is 128 Å². The van der Waals surface area contributed by atoms with Crippen molar-refractivity contribution in [1.82, 2.24) is 10.4 Å². The van der Waals surface area contributed by atoms with Crippen LogP contribution in [0.25, 0.3) is 0 Å². The Labute approximate surface area is 178 Å². The van der Waals surface area contributed by atoms with Crippen LogP contribution >= 0.6 is 0 Å². The van der Waals surface area contributed by atoms with Crippen LogP contribution in [0.4, 0.5) is 17.3 Å². The first-order chi connectivity index (χ1) is 14.6. The summed E-state index contributed by atoms with van der Waals surface area (Å²) in [4.78, 5) is 4.61. The number of nitrogens with one attached hydrogen (secondary N) is 3. The molecule has 0 saturated carbocycles. The van der Waals surface area contributed by atoms with Gasteiger partial charge in [0.2, 0.25) is 0 Å². The molecule has 0 bridgehead atoms. The smallest absolute Gasteiger partial charge is 0.167 e. The minimum absolute atomic E-state index is 0.436. The van der Waals surface area contributed by atoms with E-state index in [9.17, 15) is 5.26 Å². The average molecular weight is 417 g/mol. The van der Waals surface area contributed by atoms with Crippen molar-refractivity contribution in [1.29, 1.82) is 5.26 Å². The van der Waals surface area contributed by atoms with E-state index in [1.165, 1.54) is 0 Å². The number of pyridine rings is 1. The molecule has 0 aliphatic heterocycles. The molecule has 0 radical (unpaired) electrons. The molecule has 1 aromatic rings. The van der Waals surface area contributed by atoms with Crippen LogP contribution < -0.4 is 16.1 Å². The van der Waals surface area contributed by atoms with E-state index in [-0.39, 0.29) is 0 Å². The standard InChI is InChI=1S/C20H32N8O2/c1-6-9-24-26-16(3)27-28-18-15(2)17(14-21)19(22-10-7-12-29-4)25-20(18)23-11-8-13-30-5/h6,9,24H,7-8,10-13H2,1-5H3,(H2,22,23,25)/b9-6?,26-16+,28-27+. The van der Waals surface area contributed by atoms with E-state index < -0.39 is 0 Å². The fourth-order valence-electron chi connectivity index (χ4n) is 2.40. The first kappa shape index (κ1) is 25.0. The predicted molar refractivity (Wildman–Crippen MR) is 119 cm³/mol. The van der Waals surface area contributed by atoms with Crippen molar-refractivity contribution in [2.75, 3.05) is 51.2 Å². The molecule has 10 nitrogen and oxygen atoms in total. The number of aromatic nitrogens is 1. The van der Waals surface area contributed by atoms with Crippen LogP contribution in [-0.2, 0) is 9.47 Å². The van der Waals surface area contributed by atoms with Gasteiger partial charge in [-0.1, -0.05) is 6.08 Å². The first-order valence-electron chi connectivity index (χ1n) is 9.82. The van der Waals surface area contributed by atoms with Gasteiger partial charge in [0.05, 0.1) is 5.56 Å². The molecule has 1 rings (SSSR count). The molecule has 0 fully saturated rings. The summed E-state index contributed by atoms with van der Waals surface area (Å²) < 4.78 is 10.2. The van der Waals surface area contributed by atoms with Gasteiger partial charge in [-0.2, -0.15) is 10.4 Å². The zero-order valence-electron chi connectivity index (χ0n) is 18.4. The number of methoxy groups -OCH3 is 2. The molecule has 3 N–H and O–H groups in total. The zero-order chi connectivity index (χ0) is 22.2. The molecule has 0 aliphatic rings. The molecule has 0 spiro atoms. The van der Waals surface area contributed by atoms with Gasteiger partial charge in [-0.3, -0.25) is 5.43 Å². The molecule has 164 valence electrons. The van der Waals surface area contributed by atoms with Gasteiger partial charge in [0.1, 0.15) is 17.6 Å². The molecule has 1 heterocycles. The highest BCUT2D eigenvalue weighted by molar-refractivity contribution is 5.81. The Morgan fingerprint density at radius 2 is 1.77 bits per heavy atom. The summed E-state index contributed by atoms with van der Waals surface area (Å²) in [6.45, 7) is 7.98. The fourth-order valence-corrected chi connectivity index (χ4v) is 2.40. The number of hydrogen-bond donors (Lipinski definition) is 3. The molecule has 30 heavy (non-hydrogen) atoms. The van der Waals surface area contributed by atoms with Gasteiger partial charge < -0.3 is 20.1 Å². The van der Waals surface area contributed by atoms with E-state index in [1.54, 1.807) is 27.3 Å². The highest BCUT2D eigenvalue weighted by Gasteiger charge is 2.17.